The van der Waals surface area contributed by atoms with Crippen LogP contribution in [-0.4, -0.2) is 37.0 Å². The summed E-state index contributed by atoms with van der Waals surface area (Å²) in [4.78, 5) is 21.3. The Kier molecular flexibility index (Phi) is 14.9. The van der Waals surface area contributed by atoms with E-state index >= 15 is 0 Å². The third-order valence-electron chi connectivity index (χ3n) is 10.1. The smallest absolute Gasteiger partial charge is 0.162 e. The molecule has 5 aromatic rings. The van der Waals surface area contributed by atoms with Gasteiger partial charge in [-0.25, -0.2) is 4.98 Å². The number of nitrogens with zero attached hydrogens (tertiary/aromatic N) is 2. The van der Waals surface area contributed by atoms with Crippen molar-refractivity contribution >= 4 is 69.1 Å². The van der Waals surface area contributed by atoms with E-state index in [1.807, 2.05) is 39.0 Å². The van der Waals surface area contributed by atoms with E-state index in [4.69, 9.17) is 9.97 Å². The summed E-state index contributed by atoms with van der Waals surface area (Å²) in [7, 11) is -3.48. The number of thiophene rings is 1. The predicted molar refractivity (Wildman–Crippen MR) is 223 cm³/mol. The van der Waals surface area contributed by atoms with E-state index in [9.17, 15) is 9.90 Å². The molecule has 0 atom stereocenters. The molecule has 2 aromatic heterocycles. The van der Waals surface area contributed by atoms with Crippen LogP contribution in [0.2, 0.25) is 32.7 Å². The Bertz CT molecular complexity index is 1980. The molecule has 0 spiro atoms. The molecule has 1 radical (unpaired) electrons. The summed E-state index contributed by atoms with van der Waals surface area (Å²) < 4.78 is 2.68. The number of aromatic nitrogens is 2. The van der Waals surface area contributed by atoms with Crippen LogP contribution in [0.1, 0.15) is 70.1 Å². The molecule has 3 aromatic carbocycles. The molecule has 0 bridgehead atoms. The van der Waals surface area contributed by atoms with Crippen molar-refractivity contribution in [3.05, 3.63) is 89.5 Å². The molecule has 0 saturated carbocycles. The van der Waals surface area contributed by atoms with Crippen LogP contribution in [0.4, 0.5) is 0 Å². The van der Waals surface area contributed by atoms with Crippen molar-refractivity contribution in [2.45, 2.75) is 107 Å². The largest absolute Gasteiger partial charge is 0.512 e. The monoisotopic (exact) mass is 914 g/mol. The van der Waals surface area contributed by atoms with Gasteiger partial charge in [0.2, 0.25) is 0 Å². The zero-order valence-electron chi connectivity index (χ0n) is 32.7. The minimum Gasteiger partial charge on any atom is -0.512 e. The van der Waals surface area contributed by atoms with Gasteiger partial charge in [-0.3, -0.25) is 9.78 Å². The van der Waals surface area contributed by atoms with Gasteiger partial charge in [-0.2, -0.15) is 0 Å². The number of rotatable bonds is 11. The van der Waals surface area contributed by atoms with Crippen LogP contribution in [0.15, 0.2) is 66.7 Å². The summed E-state index contributed by atoms with van der Waals surface area (Å²) in [5.41, 5.74) is 7.19. The number of aliphatic hydroxyl groups is 1. The van der Waals surface area contributed by atoms with Crippen LogP contribution >= 0.6 is 11.3 Å². The fourth-order valence-corrected chi connectivity index (χ4v) is 13.8. The van der Waals surface area contributed by atoms with E-state index in [0.717, 1.165) is 42.5 Å². The topological polar surface area (TPSA) is 63.1 Å². The Morgan fingerprint density at radius 3 is 2.02 bits per heavy atom. The number of carbonyl (C=O) groups excluding carboxylic acids is 1. The van der Waals surface area contributed by atoms with E-state index in [-0.39, 0.29) is 43.5 Å². The van der Waals surface area contributed by atoms with Gasteiger partial charge in [0.15, 0.2) is 5.78 Å². The summed E-state index contributed by atoms with van der Waals surface area (Å²) in [5, 5.41) is 15.2. The first-order valence-electron chi connectivity index (χ1n) is 18.3. The number of benzene rings is 3. The van der Waals surface area contributed by atoms with Crippen LogP contribution in [0.5, 0.6) is 0 Å². The van der Waals surface area contributed by atoms with Gasteiger partial charge in [0.25, 0.3) is 0 Å². The van der Waals surface area contributed by atoms with Crippen LogP contribution in [-0.2, 0) is 24.9 Å². The number of hydrogen-bond acceptors (Lipinski definition) is 5. The maximum Gasteiger partial charge on any atom is 0.162 e. The first kappa shape index (κ1) is 42.7. The standard InChI is InChI=1S/C30H33N2SSi2.C13H24O2.Ir/c1-19-13-20(2)15-24(14-19)35(7,8)30-21(3)27-29(33-30)28(32-18-31-27)23-16-22-11-9-10-12-25(22)26(17-23)34(4,5)6;1-5-10(6-2)12(14)9-13(15)11(7-3)8-4;/h9-15,17-18H,1-8H3;9-11,14H,5-8H2,1-4H3;/q-1;;/b;12-9-;. The molecule has 0 aliphatic carbocycles. The first-order valence-corrected chi connectivity index (χ1v) is 25.6. The summed E-state index contributed by atoms with van der Waals surface area (Å²) in [6.45, 7) is 26.9. The fourth-order valence-electron chi connectivity index (χ4n) is 7.04. The van der Waals surface area contributed by atoms with Gasteiger partial charge < -0.3 is 5.11 Å². The fraction of sp³-hybridized carbons (Fsp3) is 0.419. The number of hydrogen-bond donors (Lipinski definition) is 1. The number of aryl methyl sites for hydroxylation is 3. The zero-order chi connectivity index (χ0) is 37.0. The van der Waals surface area contributed by atoms with Crippen LogP contribution < -0.4 is 14.9 Å². The Morgan fingerprint density at radius 1 is 0.863 bits per heavy atom. The number of allylic oxidation sites excluding steroid dienone is 2. The summed E-state index contributed by atoms with van der Waals surface area (Å²) in [6.07, 6.45) is 6.65. The Morgan fingerprint density at radius 2 is 1.45 bits per heavy atom. The molecule has 4 nitrogen and oxygen atoms in total. The number of fused-ring (bicyclic) bond motifs is 2. The van der Waals surface area contributed by atoms with Gasteiger partial charge in [0.05, 0.1) is 19.3 Å². The van der Waals surface area contributed by atoms with Gasteiger partial charge in [-0.05, 0) is 52.0 Å². The summed E-state index contributed by atoms with van der Waals surface area (Å²) >= 11 is 1.91. The SMILES string of the molecule is CCC(CC)C(=O)/C=C(\O)C(CC)CC.Cc1cc(C)cc([Si](C)(C)c2sc3c(-c4[c-]c5ccccc5c([Si](C)(C)C)c4)ncnc3c2C)c1.[Ir]. The molecule has 8 heteroatoms. The molecule has 0 aliphatic rings. The molecule has 5 rings (SSSR count). The molecule has 1 N–H and O–H groups in total. The minimum absolute atomic E-state index is 0. The zero-order valence-corrected chi connectivity index (χ0v) is 38.0. The molecule has 51 heavy (non-hydrogen) atoms. The van der Waals surface area contributed by atoms with Crippen LogP contribution in [0.3, 0.4) is 0 Å². The van der Waals surface area contributed by atoms with Gasteiger partial charge in [-0.15, -0.1) is 40.1 Å². The number of carbonyl (C=O) groups is 1. The van der Waals surface area contributed by atoms with E-state index in [0.29, 0.717) is 0 Å². The summed E-state index contributed by atoms with van der Waals surface area (Å²) in [5.74, 6) is 0.547. The van der Waals surface area contributed by atoms with Gasteiger partial charge in [0, 0.05) is 52.9 Å². The second kappa shape index (κ2) is 17.9. The quantitative estimate of drug-likeness (QED) is 0.0621. The molecule has 0 aliphatic heterocycles. The van der Waals surface area contributed by atoms with Crippen molar-refractivity contribution in [1.82, 2.24) is 9.97 Å². The minimum atomic E-state index is -1.91. The molecule has 0 amide bonds. The van der Waals surface area contributed by atoms with Gasteiger partial charge in [0.1, 0.15) is 14.4 Å². The molecular weight excluding hydrogens is 857 g/mol. The molecule has 0 unspecified atom stereocenters. The predicted octanol–water partition coefficient (Wildman–Crippen LogP) is 10.5. The van der Waals surface area contributed by atoms with Crippen LogP contribution in [0.25, 0.3) is 32.2 Å². The average Bonchev–Trinajstić information content (AvgIpc) is 3.42. The Balaban J connectivity index is 0.000000374. The third kappa shape index (κ3) is 9.63. The van der Waals surface area contributed by atoms with Gasteiger partial charge in [-0.1, -0.05) is 124 Å². The first-order chi connectivity index (χ1) is 23.6. The summed E-state index contributed by atoms with van der Waals surface area (Å²) in [6, 6.07) is 21.8. The van der Waals surface area contributed by atoms with Crippen LogP contribution in [0, 0.1) is 38.7 Å². The second-order valence-corrected chi connectivity index (χ2v) is 26.1. The van der Waals surface area contributed by atoms with Crippen molar-refractivity contribution in [3.63, 3.8) is 0 Å². The van der Waals surface area contributed by atoms with E-state index in [2.05, 4.69) is 108 Å². The number of aliphatic hydroxyl groups excluding tert-OH is 1. The van der Waals surface area contributed by atoms with E-state index in [1.54, 1.807) is 6.33 Å². The average molecular weight is 914 g/mol. The molecule has 2 heterocycles. The molecule has 0 saturated heterocycles. The molecular formula is C43H57IrN2O2SSi2-. The molecule has 0 fully saturated rings. The normalized spacial score (nSPS) is 12.3. The maximum absolute atomic E-state index is 11.7. The molecule has 275 valence electrons. The second-order valence-electron chi connectivity index (χ2n) is 15.3. The van der Waals surface area contributed by atoms with Crippen molar-refractivity contribution in [3.8, 4) is 11.3 Å². The van der Waals surface area contributed by atoms with Gasteiger partial charge >= 0.3 is 0 Å². The Hall–Kier alpha value is -2.75. The third-order valence-corrected chi connectivity index (χ3v) is 18.3. The van der Waals surface area contributed by atoms with E-state index in [1.165, 1.54) is 53.1 Å². The van der Waals surface area contributed by atoms with Crippen molar-refractivity contribution in [2.24, 2.45) is 11.8 Å². The van der Waals surface area contributed by atoms with Crippen molar-refractivity contribution in [2.75, 3.05) is 0 Å². The van der Waals surface area contributed by atoms with E-state index < -0.39 is 16.1 Å². The maximum atomic E-state index is 11.7. The van der Waals surface area contributed by atoms with Crippen molar-refractivity contribution < 1.29 is 30.0 Å². The Labute approximate surface area is 326 Å². The number of ketones is 1. The van der Waals surface area contributed by atoms with Crippen molar-refractivity contribution in [1.29, 1.82) is 0 Å².